The minimum absolute atomic E-state index is 0.0694. The molecule has 41 heavy (non-hydrogen) atoms. The van der Waals surface area contributed by atoms with Crippen LogP contribution in [0.3, 0.4) is 0 Å². The number of hydrogen-bond acceptors (Lipinski definition) is 7. The first kappa shape index (κ1) is 27.8. The van der Waals surface area contributed by atoms with Crippen LogP contribution in [-0.4, -0.2) is 34.0 Å². The number of para-hydroxylation sites is 1. The molecule has 0 spiro atoms. The molecular formula is C29H19F4N3O4S. The number of nitrogens with zero attached hydrogens (tertiary/aromatic N) is 3. The van der Waals surface area contributed by atoms with Gasteiger partial charge in [-0.3, -0.25) is 4.79 Å². The van der Waals surface area contributed by atoms with Gasteiger partial charge < -0.3 is 9.47 Å². The Hall–Kier alpha value is -4.71. The van der Waals surface area contributed by atoms with Crippen LogP contribution in [0.5, 0.6) is 5.75 Å². The van der Waals surface area contributed by atoms with Crippen LogP contribution >= 0.6 is 11.8 Å². The Morgan fingerprint density at radius 2 is 1.61 bits per heavy atom. The number of amides is 1. The fourth-order valence-corrected chi connectivity index (χ4v) is 5.19. The minimum atomic E-state index is -1.39. The number of benzene rings is 3. The van der Waals surface area contributed by atoms with E-state index in [1.54, 1.807) is 36.4 Å². The van der Waals surface area contributed by atoms with Crippen LogP contribution < -0.4 is 4.74 Å². The van der Waals surface area contributed by atoms with Crippen LogP contribution in [0.4, 0.5) is 17.6 Å². The van der Waals surface area contributed by atoms with Crippen molar-refractivity contribution in [3.8, 4) is 5.75 Å². The first-order chi connectivity index (χ1) is 19.7. The third-order valence-electron chi connectivity index (χ3n) is 5.93. The number of ether oxygens (including phenoxy) is 2. The molecule has 4 aromatic rings. The number of carbonyl (C=O) groups is 2. The molecule has 0 fully saturated rings. The van der Waals surface area contributed by atoms with Gasteiger partial charge in [-0.05, 0) is 42.5 Å². The summed E-state index contributed by atoms with van der Waals surface area (Å²) in [6.07, 6.45) is 0. The number of methoxy groups -OCH3 is 1. The second-order valence-corrected chi connectivity index (χ2v) is 9.68. The van der Waals surface area contributed by atoms with Gasteiger partial charge in [-0.25, -0.2) is 32.3 Å². The molecule has 1 atom stereocenters. The lowest BCUT2D eigenvalue weighted by Gasteiger charge is -2.23. The Kier molecular flexibility index (Phi) is 8.02. The van der Waals surface area contributed by atoms with E-state index < -0.39 is 46.1 Å². The first-order valence-corrected chi connectivity index (χ1v) is 12.9. The van der Waals surface area contributed by atoms with E-state index in [0.29, 0.717) is 34.7 Å². The van der Waals surface area contributed by atoms with Crippen molar-refractivity contribution in [2.24, 2.45) is 5.10 Å². The van der Waals surface area contributed by atoms with Gasteiger partial charge in [0.15, 0.2) is 0 Å². The van der Waals surface area contributed by atoms with Crippen molar-refractivity contribution in [3.05, 3.63) is 130 Å². The van der Waals surface area contributed by atoms with Crippen LogP contribution in [0.25, 0.3) is 0 Å². The number of aromatic nitrogens is 1. The Morgan fingerprint density at radius 1 is 0.902 bits per heavy atom. The van der Waals surface area contributed by atoms with Gasteiger partial charge >= 0.3 is 5.97 Å². The molecule has 0 radical (unpaired) electrons. The van der Waals surface area contributed by atoms with Crippen molar-refractivity contribution in [1.82, 2.24) is 9.99 Å². The minimum Gasteiger partial charge on any atom is -0.487 e. The summed E-state index contributed by atoms with van der Waals surface area (Å²) in [5.41, 5.74) is 0.389. The van der Waals surface area contributed by atoms with Crippen LogP contribution in [0, 0.1) is 23.3 Å². The van der Waals surface area contributed by atoms with E-state index in [1.807, 2.05) is 0 Å². The molecule has 12 heteroatoms. The molecule has 0 saturated carbocycles. The number of thioether (sulfide) groups is 1. The zero-order valence-corrected chi connectivity index (χ0v) is 22.0. The molecule has 1 aliphatic heterocycles. The summed E-state index contributed by atoms with van der Waals surface area (Å²) in [5.74, 6) is -5.91. The van der Waals surface area contributed by atoms with E-state index in [-0.39, 0.29) is 17.3 Å². The smallest absolute Gasteiger partial charge is 0.356 e. The van der Waals surface area contributed by atoms with Crippen molar-refractivity contribution in [2.45, 2.75) is 12.0 Å². The molecule has 0 saturated heterocycles. The van der Waals surface area contributed by atoms with E-state index in [0.717, 1.165) is 16.8 Å². The van der Waals surface area contributed by atoms with Gasteiger partial charge in [0.1, 0.15) is 57.3 Å². The lowest BCUT2D eigenvalue weighted by Crippen LogP contribution is -2.28. The van der Waals surface area contributed by atoms with Crippen molar-refractivity contribution < 1.29 is 36.6 Å². The maximum Gasteiger partial charge on any atom is 0.356 e. The number of rotatable bonds is 7. The number of carbonyl (C=O) groups excluding carboxylic acids is 2. The van der Waals surface area contributed by atoms with Gasteiger partial charge in [0, 0.05) is 23.3 Å². The highest BCUT2D eigenvalue weighted by Crippen LogP contribution is 2.45. The maximum absolute atomic E-state index is 14.6. The van der Waals surface area contributed by atoms with E-state index in [1.165, 1.54) is 37.4 Å². The largest absolute Gasteiger partial charge is 0.487 e. The zero-order valence-electron chi connectivity index (χ0n) is 21.2. The van der Waals surface area contributed by atoms with E-state index in [4.69, 9.17) is 9.47 Å². The normalized spacial score (nSPS) is 14.5. The molecule has 1 aliphatic rings. The number of esters is 1. The number of hydrazone groups is 1. The van der Waals surface area contributed by atoms with Crippen molar-refractivity contribution in [3.63, 3.8) is 0 Å². The average molecular weight is 582 g/mol. The molecule has 7 nitrogen and oxygen atoms in total. The fraction of sp³-hybridized carbons (Fsp3) is 0.103. The Bertz CT molecular complexity index is 1640. The molecule has 1 unspecified atom stereocenters. The molecule has 1 amide bonds. The molecule has 2 heterocycles. The second kappa shape index (κ2) is 11.8. The molecule has 0 N–H and O–H groups in total. The molecule has 208 valence electrons. The predicted octanol–water partition coefficient (Wildman–Crippen LogP) is 6.25. The Labute approximate surface area is 235 Å². The molecule has 0 bridgehead atoms. The molecule has 5 rings (SSSR count). The fourth-order valence-electron chi connectivity index (χ4n) is 4.00. The molecule has 3 aromatic carbocycles. The van der Waals surface area contributed by atoms with E-state index in [9.17, 15) is 27.2 Å². The highest BCUT2D eigenvalue weighted by molar-refractivity contribution is 8.14. The first-order valence-electron chi connectivity index (χ1n) is 12.0. The van der Waals surface area contributed by atoms with E-state index in [2.05, 4.69) is 10.1 Å². The second-order valence-electron chi connectivity index (χ2n) is 8.61. The van der Waals surface area contributed by atoms with Gasteiger partial charge in [0.05, 0.1) is 12.8 Å². The third kappa shape index (κ3) is 5.92. The van der Waals surface area contributed by atoms with Crippen LogP contribution in [0.15, 0.2) is 84.0 Å². The Balaban J connectivity index is 1.50. The van der Waals surface area contributed by atoms with E-state index >= 15 is 0 Å². The quantitative estimate of drug-likeness (QED) is 0.190. The van der Waals surface area contributed by atoms with Gasteiger partial charge in [-0.2, -0.15) is 5.10 Å². The van der Waals surface area contributed by atoms with Crippen molar-refractivity contribution in [2.75, 3.05) is 7.11 Å². The summed E-state index contributed by atoms with van der Waals surface area (Å²) < 4.78 is 67.1. The summed E-state index contributed by atoms with van der Waals surface area (Å²) in [7, 11) is 1.24. The van der Waals surface area contributed by atoms with Crippen LogP contribution in [0.2, 0.25) is 0 Å². The molecule has 0 aliphatic carbocycles. The van der Waals surface area contributed by atoms with Gasteiger partial charge in [-0.1, -0.05) is 36.0 Å². The number of pyridine rings is 1. The SMILES string of the molecule is COC(=O)c1cccc(COc2ccccc2C2SC(c3ccc(F)cc3)=NN2C(=O)c2c(F)cc(F)cc2F)n1. The highest BCUT2D eigenvalue weighted by Gasteiger charge is 2.38. The summed E-state index contributed by atoms with van der Waals surface area (Å²) in [4.78, 5) is 29.5. The zero-order chi connectivity index (χ0) is 29.1. The third-order valence-corrected chi connectivity index (χ3v) is 7.14. The van der Waals surface area contributed by atoms with Crippen LogP contribution in [0.1, 0.15) is 43.0 Å². The summed E-state index contributed by atoms with van der Waals surface area (Å²) in [6, 6.07) is 17.5. The highest BCUT2D eigenvalue weighted by atomic mass is 32.2. The van der Waals surface area contributed by atoms with Gasteiger partial charge in [0.2, 0.25) is 0 Å². The maximum atomic E-state index is 14.6. The summed E-state index contributed by atoms with van der Waals surface area (Å²) in [6.45, 7) is -0.0694. The standard InChI is InChI=1S/C29H19F4N3O4S/c1-39-29(38)23-7-4-5-19(34-23)15-40-24-8-3-2-6-20(24)28-36(27(37)25-21(32)13-18(31)14-22(25)33)35-26(41-28)16-9-11-17(30)12-10-16/h2-14,28H,15H2,1H3. The predicted molar refractivity (Wildman–Crippen MR) is 142 cm³/mol. The monoisotopic (exact) mass is 581 g/mol. The van der Waals surface area contributed by atoms with Gasteiger partial charge in [0.25, 0.3) is 5.91 Å². The molecular weight excluding hydrogens is 562 g/mol. The summed E-state index contributed by atoms with van der Waals surface area (Å²) >= 11 is 1.07. The lowest BCUT2D eigenvalue weighted by atomic mass is 10.1. The van der Waals surface area contributed by atoms with Crippen molar-refractivity contribution >= 4 is 28.7 Å². The summed E-state index contributed by atoms with van der Waals surface area (Å²) in [5, 5.41) is 4.49. The number of halogens is 4. The average Bonchev–Trinajstić information content (AvgIpc) is 3.41. The number of hydrogen-bond donors (Lipinski definition) is 0. The topological polar surface area (TPSA) is 81.1 Å². The lowest BCUT2D eigenvalue weighted by molar-refractivity contribution is 0.0593. The van der Waals surface area contributed by atoms with Gasteiger partial charge in [-0.15, -0.1) is 0 Å². The van der Waals surface area contributed by atoms with Crippen molar-refractivity contribution in [1.29, 1.82) is 0 Å². The van der Waals surface area contributed by atoms with Crippen LogP contribution in [-0.2, 0) is 11.3 Å². The Morgan fingerprint density at radius 3 is 2.32 bits per heavy atom. The molecule has 1 aromatic heterocycles.